The maximum absolute atomic E-state index is 13.7. The average molecular weight is 378 g/mol. The van der Waals surface area contributed by atoms with E-state index < -0.39 is 17.7 Å². The van der Waals surface area contributed by atoms with E-state index in [0.717, 1.165) is 30.0 Å². The van der Waals surface area contributed by atoms with Crippen molar-refractivity contribution in [3.05, 3.63) is 54.1 Å². The molecule has 5 nitrogen and oxygen atoms in total. The molecule has 0 saturated carbocycles. The van der Waals surface area contributed by atoms with Crippen molar-refractivity contribution in [3.8, 4) is 5.75 Å². The number of amides is 2. The van der Waals surface area contributed by atoms with Gasteiger partial charge in [-0.15, -0.1) is 11.8 Å². The van der Waals surface area contributed by atoms with Crippen molar-refractivity contribution in [2.75, 3.05) is 24.2 Å². The van der Waals surface area contributed by atoms with Crippen molar-refractivity contribution < 1.29 is 23.1 Å². The summed E-state index contributed by atoms with van der Waals surface area (Å²) >= 11 is 0.905. The summed E-state index contributed by atoms with van der Waals surface area (Å²) in [5.41, 5.74) is 0.540. The molecule has 0 saturated heterocycles. The molecular weight excluding hydrogens is 362 g/mol. The molecular formula is C18H16F2N2O3S. The van der Waals surface area contributed by atoms with Gasteiger partial charge in [0, 0.05) is 11.9 Å². The molecule has 26 heavy (non-hydrogen) atoms. The minimum absolute atomic E-state index is 0.0434. The van der Waals surface area contributed by atoms with Crippen LogP contribution in [0.3, 0.4) is 0 Å². The molecule has 0 aromatic heterocycles. The highest BCUT2D eigenvalue weighted by atomic mass is 32.2. The second-order valence-corrected chi connectivity index (χ2v) is 6.57. The first-order valence-corrected chi connectivity index (χ1v) is 8.83. The van der Waals surface area contributed by atoms with Crippen LogP contribution in [0.15, 0.2) is 47.4 Å². The summed E-state index contributed by atoms with van der Waals surface area (Å²) in [5, 5.41) is 2.50. The second kappa shape index (κ2) is 7.74. The Balaban J connectivity index is 1.79. The summed E-state index contributed by atoms with van der Waals surface area (Å²) in [6.45, 7) is 0.0434. The number of carbonyl (C=O) groups excluding carboxylic acids is 2. The number of carbonyl (C=O) groups is 2. The summed E-state index contributed by atoms with van der Waals surface area (Å²) in [5.74, 6) is -1.52. The topological polar surface area (TPSA) is 58.6 Å². The summed E-state index contributed by atoms with van der Waals surface area (Å²) in [6, 6.07) is 9.96. The summed E-state index contributed by atoms with van der Waals surface area (Å²) in [6.07, 6.45) is -0.838. The normalized spacial score (nSPS) is 15.8. The van der Waals surface area contributed by atoms with E-state index in [9.17, 15) is 18.4 Å². The fourth-order valence-corrected chi connectivity index (χ4v) is 3.41. The quantitative estimate of drug-likeness (QED) is 0.831. The largest absolute Gasteiger partial charge is 0.477 e. The predicted octanol–water partition coefficient (Wildman–Crippen LogP) is 2.60. The zero-order valence-corrected chi connectivity index (χ0v) is 14.7. The zero-order chi connectivity index (χ0) is 18.7. The monoisotopic (exact) mass is 378 g/mol. The standard InChI is InChI=1S/C18H16F2N2O3S/c1-21-18(24)15-9-22(13-4-2-3-5-14(13)25-15)17(23)10-26-16-8-11(19)6-7-12(16)20/h2-8,15H,9-10H2,1H3,(H,21,24)/t15-/m1/s1. The van der Waals surface area contributed by atoms with Gasteiger partial charge in [-0.25, -0.2) is 8.78 Å². The second-order valence-electron chi connectivity index (χ2n) is 5.56. The molecule has 1 atom stereocenters. The van der Waals surface area contributed by atoms with E-state index in [1.807, 2.05) is 0 Å². The van der Waals surface area contributed by atoms with Crippen LogP contribution in [0.4, 0.5) is 14.5 Å². The number of fused-ring (bicyclic) bond motifs is 1. The van der Waals surface area contributed by atoms with Gasteiger partial charge in [-0.05, 0) is 30.3 Å². The van der Waals surface area contributed by atoms with Crippen molar-refractivity contribution in [1.82, 2.24) is 5.32 Å². The maximum Gasteiger partial charge on any atom is 0.262 e. The number of hydrogen-bond acceptors (Lipinski definition) is 4. The Morgan fingerprint density at radius 2 is 2.04 bits per heavy atom. The predicted molar refractivity (Wildman–Crippen MR) is 94.4 cm³/mol. The lowest BCUT2D eigenvalue weighted by atomic mass is 10.2. The molecule has 1 heterocycles. The fraction of sp³-hybridized carbons (Fsp3) is 0.222. The van der Waals surface area contributed by atoms with Gasteiger partial charge in [0.1, 0.15) is 17.4 Å². The molecule has 1 aliphatic heterocycles. The number of nitrogens with zero attached hydrogens (tertiary/aromatic N) is 1. The van der Waals surface area contributed by atoms with Crippen molar-refractivity contribution in [2.45, 2.75) is 11.0 Å². The molecule has 2 aromatic carbocycles. The lowest BCUT2D eigenvalue weighted by Gasteiger charge is -2.34. The van der Waals surface area contributed by atoms with Crippen LogP contribution in [-0.2, 0) is 9.59 Å². The lowest BCUT2D eigenvalue weighted by molar-refractivity contribution is -0.127. The van der Waals surface area contributed by atoms with E-state index in [-0.39, 0.29) is 29.0 Å². The third-order valence-corrected chi connectivity index (χ3v) is 4.87. The van der Waals surface area contributed by atoms with Crippen LogP contribution in [0.1, 0.15) is 0 Å². The van der Waals surface area contributed by atoms with Crippen LogP contribution in [0.2, 0.25) is 0 Å². The van der Waals surface area contributed by atoms with E-state index in [1.54, 1.807) is 24.3 Å². The highest BCUT2D eigenvalue weighted by Crippen LogP contribution is 2.34. The van der Waals surface area contributed by atoms with Gasteiger partial charge in [-0.1, -0.05) is 12.1 Å². The third-order valence-electron chi connectivity index (χ3n) is 3.86. The summed E-state index contributed by atoms with van der Waals surface area (Å²) in [7, 11) is 1.49. The molecule has 2 aromatic rings. The van der Waals surface area contributed by atoms with Crippen LogP contribution in [0, 0.1) is 11.6 Å². The number of likely N-dealkylation sites (N-methyl/N-ethyl adjacent to an activating group) is 1. The van der Waals surface area contributed by atoms with E-state index in [4.69, 9.17) is 4.74 Å². The first-order valence-electron chi connectivity index (χ1n) is 7.85. The molecule has 3 rings (SSSR count). The number of thioether (sulfide) groups is 1. The van der Waals surface area contributed by atoms with Crippen LogP contribution >= 0.6 is 11.8 Å². The van der Waals surface area contributed by atoms with E-state index >= 15 is 0 Å². The summed E-state index contributed by atoms with van der Waals surface area (Å²) in [4.78, 5) is 26.1. The highest BCUT2D eigenvalue weighted by molar-refractivity contribution is 8.00. The first kappa shape index (κ1) is 18.2. The molecule has 2 amide bonds. The SMILES string of the molecule is CNC(=O)[C@H]1CN(C(=O)CSc2cc(F)ccc2F)c2ccccc2O1. The number of hydrogen-bond donors (Lipinski definition) is 1. The van der Waals surface area contributed by atoms with Crippen molar-refractivity contribution in [2.24, 2.45) is 0 Å². The van der Waals surface area contributed by atoms with Gasteiger partial charge in [0.25, 0.3) is 5.91 Å². The molecule has 0 unspecified atom stereocenters. The van der Waals surface area contributed by atoms with Crippen LogP contribution in [-0.4, -0.2) is 37.3 Å². The van der Waals surface area contributed by atoms with Crippen molar-refractivity contribution in [3.63, 3.8) is 0 Å². The smallest absolute Gasteiger partial charge is 0.262 e. The number of benzene rings is 2. The minimum Gasteiger partial charge on any atom is -0.477 e. The molecule has 1 aliphatic rings. The number of ether oxygens (including phenoxy) is 1. The Bertz CT molecular complexity index is 847. The molecule has 0 spiro atoms. The molecule has 1 N–H and O–H groups in total. The van der Waals surface area contributed by atoms with Gasteiger partial charge < -0.3 is 15.0 Å². The van der Waals surface area contributed by atoms with Crippen LogP contribution in [0.25, 0.3) is 0 Å². The Kier molecular flexibility index (Phi) is 5.41. The Labute approximate surface area is 153 Å². The first-order chi connectivity index (χ1) is 12.5. The van der Waals surface area contributed by atoms with Crippen LogP contribution < -0.4 is 15.0 Å². The van der Waals surface area contributed by atoms with E-state index in [0.29, 0.717) is 11.4 Å². The molecule has 8 heteroatoms. The third kappa shape index (κ3) is 3.80. The van der Waals surface area contributed by atoms with Crippen molar-refractivity contribution >= 4 is 29.3 Å². The van der Waals surface area contributed by atoms with Gasteiger partial charge >= 0.3 is 0 Å². The van der Waals surface area contributed by atoms with Gasteiger partial charge in [-0.3, -0.25) is 9.59 Å². The Hall–Kier alpha value is -2.61. The fourth-order valence-electron chi connectivity index (χ4n) is 2.57. The molecule has 0 fully saturated rings. The van der Waals surface area contributed by atoms with Gasteiger partial charge in [-0.2, -0.15) is 0 Å². The number of rotatable bonds is 4. The number of anilines is 1. The van der Waals surface area contributed by atoms with Crippen LogP contribution in [0.5, 0.6) is 5.75 Å². The van der Waals surface area contributed by atoms with Crippen molar-refractivity contribution in [1.29, 1.82) is 0 Å². The molecule has 0 aliphatic carbocycles. The Morgan fingerprint density at radius 3 is 2.81 bits per heavy atom. The van der Waals surface area contributed by atoms with Gasteiger partial charge in [0.2, 0.25) is 5.91 Å². The molecule has 0 bridgehead atoms. The molecule has 136 valence electrons. The number of halogens is 2. The Morgan fingerprint density at radius 1 is 1.27 bits per heavy atom. The van der Waals surface area contributed by atoms with Gasteiger partial charge in [0.15, 0.2) is 6.10 Å². The van der Waals surface area contributed by atoms with E-state index in [1.165, 1.54) is 11.9 Å². The highest BCUT2D eigenvalue weighted by Gasteiger charge is 2.33. The number of nitrogens with one attached hydrogen (secondary N) is 1. The maximum atomic E-state index is 13.7. The number of para-hydroxylation sites is 2. The average Bonchev–Trinajstić information content (AvgIpc) is 2.66. The van der Waals surface area contributed by atoms with E-state index in [2.05, 4.69) is 5.32 Å². The zero-order valence-electron chi connectivity index (χ0n) is 13.9. The molecule has 0 radical (unpaired) electrons. The van der Waals surface area contributed by atoms with Gasteiger partial charge in [0.05, 0.1) is 18.0 Å². The minimum atomic E-state index is -0.838. The lowest BCUT2D eigenvalue weighted by Crippen LogP contribution is -2.50. The summed E-state index contributed by atoms with van der Waals surface area (Å²) < 4.78 is 32.6.